The molecule has 6 heteroatoms. The fourth-order valence-electron chi connectivity index (χ4n) is 2.13. The van der Waals surface area contributed by atoms with Crippen LogP contribution >= 0.6 is 0 Å². The van der Waals surface area contributed by atoms with Gasteiger partial charge < -0.3 is 10.1 Å². The van der Waals surface area contributed by atoms with Gasteiger partial charge in [-0.1, -0.05) is 36.4 Å². The van der Waals surface area contributed by atoms with E-state index in [1.54, 1.807) is 12.3 Å². The number of aromatic nitrogens is 2. The first kappa shape index (κ1) is 15.3. The molecule has 0 atom stereocenters. The number of carbonyl (C=O) groups is 1. The number of nitrogens with zero attached hydrogens (tertiary/aromatic N) is 3. The van der Waals surface area contributed by atoms with Gasteiger partial charge in [-0.05, 0) is 24.8 Å². The van der Waals surface area contributed by atoms with Gasteiger partial charge in [-0.25, -0.2) is 9.78 Å². The van der Waals surface area contributed by atoms with Gasteiger partial charge in [-0.15, -0.1) is 0 Å². The molecular formula is C17H22N4O2. The van der Waals surface area contributed by atoms with Gasteiger partial charge in [0.05, 0.1) is 6.54 Å². The molecular weight excluding hydrogens is 292 g/mol. The third kappa shape index (κ3) is 4.67. The highest BCUT2D eigenvalue weighted by molar-refractivity contribution is 5.88. The minimum Gasteiger partial charge on any atom is -0.447 e. The van der Waals surface area contributed by atoms with E-state index in [-0.39, 0.29) is 7.52 Å². The molecule has 122 valence electrons. The van der Waals surface area contributed by atoms with Crippen LogP contribution in [0.15, 0.2) is 48.7 Å². The van der Waals surface area contributed by atoms with Crippen LogP contribution in [0.5, 0.6) is 0 Å². The van der Waals surface area contributed by atoms with E-state index in [2.05, 4.69) is 15.3 Å². The summed E-state index contributed by atoms with van der Waals surface area (Å²) in [5.74, 6) is 1.94. The number of nitrogens with one attached hydrogen (secondary N) is 1. The lowest BCUT2D eigenvalue weighted by molar-refractivity contribution is 0.181. The molecule has 2 aliphatic rings. The van der Waals surface area contributed by atoms with E-state index < -0.39 is 0 Å². The first-order valence-electron chi connectivity index (χ1n) is 7.84. The Bertz CT molecular complexity index is 611. The summed E-state index contributed by atoms with van der Waals surface area (Å²) in [6.07, 6.45) is 3.89. The Morgan fingerprint density at radius 2 is 1.91 bits per heavy atom. The van der Waals surface area contributed by atoms with Crippen molar-refractivity contribution in [1.82, 2.24) is 9.97 Å². The van der Waals surface area contributed by atoms with Crippen molar-refractivity contribution in [2.24, 2.45) is 5.92 Å². The molecule has 4 rings (SSSR count). The lowest BCUT2D eigenvalue weighted by atomic mass is 10.4. The summed E-state index contributed by atoms with van der Waals surface area (Å²) in [5, 5.41) is 3.18. The molecule has 1 saturated carbocycles. The van der Waals surface area contributed by atoms with Gasteiger partial charge in [0.2, 0.25) is 5.95 Å². The van der Waals surface area contributed by atoms with Crippen LogP contribution in [0.1, 0.15) is 14.3 Å². The zero-order chi connectivity index (χ0) is 15.9. The van der Waals surface area contributed by atoms with Gasteiger partial charge in [0.15, 0.2) is 0 Å². The second-order valence-electron chi connectivity index (χ2n) is 5.48. The number of ether oxygens (including phenoxy) is 1. The number of benzene rings is 1. The summed E-state index contributed by atoms with van der Waals surface area (Å²) in [5.41, 5.74) is 0. The third-order valence-electron chi connectivity index (χ3n) is 3.59. The van der Waals surface area contributed by atoms with Gasteiger partial charge in [0.25, 0.3) is 0 Å². The summed E-state index contributed by atoms with van der Waals surface area (Å²) >= 11 is 0. The van der Waals surface area contributed by atoms with Gasteiger partial charge in [-0.2, -0.15) is 4.98 Å². The summed E-state index contributed by atoms with van der Waals surface area (Å²) in [4.78, 5) is 21.3. The topological polar surface area (TPSA) is 67.3 Å². The molecule has 0 radical (unpaired) electrons. The van der Waals surface area contributed by atoms with Crippen LogP contribution in [0.4, 0.5) is 16.6 Å². The molecule has 1 aliphatic carbocycles. The maximum absolute atomic E-state index is 11.4. The third-order valence-corrected chi connectivity index (χ3v) is 3.59. The smallest absolute Gasteiger partial charge is 0.415 e. The molecule has 1 N–H and O–H groups in total. The van der Waals surface area contributed by atoms with E-state index in [9.17, 15) is 4.79 Å². The fourth-order valence-corrected chi connectivity index (χ4v) is 2.13. The van der Waals surface area contributed by atoms with Crippen molar-refractivity contribution in [1.29, 1.82) is 0 Å². The fraction of sp³-hybridized carbons (Fsp3) is 0.353. The Morgan fingerprint density at radius 3 is 2.48 bits per heavy atom. The zero-order valence-electron chi connectivity index (χ0n) is 12.9. The Balaban J connectivity index is 0.000000254. The molecule has 1 aliphatic heterocycles. The maximum atomic E-state index is 11.4. The molecule has 6 nitrogen and oxygen atoms in total. The van der Waals surface area contributed by atoms with E-state index in [1.165, 1.54) is 17.7 Å². The molecule has 1 amide bonds. The average molecular weight is 314 g/mol. The molecule has 2 fully saturated rings. The minimum atomic E-state index is -0.336. The largest absolute Gasteiger partial charge is 0.447 e. The number of rotatable bonds is 4. The number of anilines is 2. The number of carbonyl (C=O) groups excluding carboxylic acids is 1. The van der Waals surface area contributed by atoms with Gasteiger partial charge in [0.1, 0.15) is 12.4 Å². The highest BCUT2D eigenvalue weighted by Crippen LogP contribution is 2.28. The Kier molecular flexibility index (Phi) is 5.03. The van der Waals surface area contributed by atoms with Gasteiger partial charge in [-0.3, -0.25) is 4.90 Å². The van der Waals surface area contributed by atoms with Crippen molar-refractivity contribution in [2.45, 2.75) is 12.8 Å². The quantitative estimate of drug-likeness (QED) is 0.938. The number of cyclic esters (lactones) is 1. The van der Waals surface area contributed by atoms with Crippen LogP contribution in [0, 0.1) is 5.92 Å². The van der Waals surface area contributed by atoms with E-state index >= 15 is 0 Å². The average Bonchev–Trinajstić information content (AvgIpc) is 3.35. The molecule has 2 heterocycles. The van der Waals surface area contributed by atoms with Crippen LogP contribution in [0.25, 0.3) is 0 Å². The SMILES string of the molecule is O=C1OCCN1c1ccnc(NCC2CC2)n1.[HH].c1ccccc1. The Morgan fingerprint density at radius 1 is 1.22 bits per heavy atom. The number of hydrogen-bond acceptors (Lipinski definition) is 5. The highest BCUT2D eigenvalue weighted by Gasteiger charge is 2.25. The first-order chi connectivity index (χ1) is 11.3. The molecule has 23 heavy (non-hydrogen) atoms. The monoisotopic (exact) mass is 314 g/mol. The molecule has 0 spiro atoms. The van der Waals surface area contributed by atoms with E-state index in [1.807, 2.05) is 36.4 Å². The normalized spacial score (nSPS) is 16.3. The highest BCUT2D eigenvalue weighted by atomic mass is 16.6. The Labute approximate surface area is 137 Å². The molecule has 1 aromatic heterocycles. The lowest BCUT2D eigenvalue weighted by Crippen LogP contribution is -2.24. The summed E-state index contributed by atoms with van der Waals surface area (Å²) < 4.78 is 4.87. The van der Waals surface area contributed by atoms with Crippen LogP contribution in [-0.2, 0) is 4.74 Å². The van der Waals surface area contributed by atoms with Gasteiger partial charge >= 0.3 is 6.09 Å². The predicted molar refractivity (Wildman–Crippen MR) is 90.5 cm³/mol. The standard InChI is InChI=1S/C11H14N4O2.C6H6.H2/c16-11-15(5-6-17-11)9-3-4-12-10(14-9)13-7-8-1-2-8;1-2-4-6-5-3-1;/h3-4,8H,1-2,5-7H2,(H,12,13,14);1-6H;1H. The second kappa shape index (κ2) is 7.58. The molecule has 0 unspecified atom stereocenters. The van der Waals surface area contributed by atoms with Crippen molar-refractivity contribution in [3.05, 3.63) is 48.7 Å². The predicted octanol–water partition coefficient (Wildman–Crippen LogP) is 3.19. The van der Waals surface area contributed by atoms with Crippen molar-refractivity contribution < 1.29 is 11.0 Å². The van der Waals surface area contributed by atoms with Crippen LogP contribution in [0.2, 0.25) is 0 Å². The van der Waals surface area contributed by atoms with E-state index in [0.717, 1.165) is 12.5 Å². The molecule has 0 bridgehead atoms. The molecule has 1 aromatic carbocycles. The maximum Gasteiger partial charge on any atom is 0.415 e. The van der Waals surface area contributed by atoms with Crippen LogP contribution in [-0.4, -0.2) is 35.8 Å². The van der Waals surface area contributed by atoms with Crippen LogP contribution < -0.4 is 10.2 Å². The van der Waals surface area contributed by atoms with Crippen LogP contribution in [0.3, 0.4) is 0 Å². The number of amides is 1. The first-order valence-corrected chi connectivity index (χ1v) is 7.84. The summed E-state index contributed by atoms with van der Waals surface area (Å²) in [6.45, 7) is 1.89. The summed E-state index contributed by atoms with van der Waals surface area (Å²) in [6, 6.07) is 13.7. The Hall–Kier alpha value is -2.63. The van der Waals surface area contributed by atoms with E-state index in [4.69, 9.17) is 4.74 Å². The second-order valence-corrected chi connectivity index (χ2v) is 5.48. The van der Waals surface area contributed by atoms with Crippen molar-refractivity contribution in [3.63, 3.8) is 0 Å². The zero-order valence-corrected chi connectivity index (χ0v) is 12.9. The molecule has 1 saturated heterocycles. The van der Waals surface area contributed by atoms with Crippen molar-refractivity contribution in [3.8, 4) is 0 Å². The molecule has 2 aromatic rings. The minimum absolute atomic E-state index is 0. The number of hydrogen-bond donors (Lipinski definition) is 1. The van der Waals surface area contributed by atoms with Gasteiger partial charge in [0, 0.05) is 14.2 Å². The van der Waals surface area contributed by atoms with Crippen molar-refractivity contribution >= 4 is 17.9 Å². The van der Waals surface area contributed by atoms with Crippen molar-refractivity contribution in [2.75, 3.05) is 29.9 Å². The lowest BCUT2D eigenvalue weighted by Gasteiger charge is -2.12. The van der Waals surface area contributed by atoms with E-state index in [0.29, 0.717) is 24.9 Å². The summed E-state index contributed by atoms with van der Waals surface area (Å²) in [7, 11) is 0.